The summed E-state index contributed by atoms with van der Waals surface area (Å²) in [6, 6.07) is 5.09. The van der Waals surface area contributed by atoms with E-state index in [0.717, 1.165) is 0 Å². The molecular weight excluding hydrogens is 560 g/mol. The number of ether oxygens (including phenoxy) is 4. The Morgan fingerprint density at radius 1 is 1.16 bits per heavy atom. The molecule has 3 rings (SSSR count). The number of esters is 2. The molecule has 0 fully saturated rings. The van der Waals surface area contributed by atoms with Gasteiger partial charge in [-0.1, -0.05) is 0 Å². The lowest BCUT2D eigenvalue weighted by Gasteiger charge is -2.25. The molecule has 0 aliphatic rings. The molecule has 0 aliphatic heterocycles. The van der Waals surface area contributed by atoms with Crippen LogP contribution in [-0.4, -0.2) is 71.6 Å². The molecule has 0 saturated carbocycles. The average Bonchev–Trinajstić information content (AvgIpc) is 3.32. The number of carbonyl (C=O) groups is 3. The lowest BCUT2D eigenvalue weighted by molar-refractivity contribution is -0.148. The summed E-state index contributed by atoms with van der Waals surface area (Å²) in [7, 11) is 3.15. The molecule has 1 aromatic carbocycles. The van der Waals surface area contributed by atoms with Gasteiger partial charge in [-0.15, -0.1) is 0 Å². The van der Waals surface area contributed by atoms with Crippen molar-refractivity contribution in [2.75, 3.05) is 48.3 Å². The summed E-state index contributed by atoms with van der Waals surface area (Å²) >= 11 is 0. The second-order valence-electron chi connectivity index (χ2n) is 10.8. The number of rotatable bonds is 11. The van der Waals surface area contributed by atoms with Crippen molar-refractivity contribution in [1.82, 2.24) is 14.6 Å². The van der Waals surface area contributed by atoms with Gasteiger partial charge in [0.2, 0.25) is 0 Å². The summed E-state index contributed by atoms with van der Waals surface area (Å²) in [6.45, 7) is 10.5. The van der Waals surface area contributed by atoms with Gasteiger partial charge in [0.05, 0.1) is 43.1 Å². The monoisotopic (exact) mass is 600 g/mol. The first-order chi connectivity index (χ1) is 20.1. The lowest BCUT2D eigenvalue weighted by Crippen LogP contribution is -2.35. The number of hydrazine groups is 1. The number of nitrogen functional groups attached to an aromatic ring is 1. The van der Waals surface area contributed by atoms with Gasteiger partial charge in [0.15, 0.2) is 5.65 Å². The van der Waals surface area contributed by atoms with Gasteiger partial charge in [0.1, 0.15) is 28.9 Å². The first-order valence-electron chi connectivity index (χ1n) is 13.6. The average molecular weight is 601 g/mol. The van der Waals surface area contributed by atoms with Crippen LogP contribution >= 0.6 is 0 Å². The third kappa shape index (κ3) is 8.45. The van der Waals surface area contributed by atoms with Crippen molar-refractivity contribution in [3.8, 4) is 0 Å². The quantitative estimate of drug-likeness (QED) is 0.0956. The maximum absolute atomic E-state index is 13.0. The zero-order valence-electron chi connectivity index (χ0n) is 25.8. The highest BCUT2D eigenvalue weighted by molar-refractivity contribution is 5.97. The number of fused-ring (bicyclic) bond motifs is 1. The number of anilines is 5. The van der Waals surface area contributed by atoms with E-state index in [2.05, 4.69) is 15.4 Å². The maximum atomic E-state index is 13.0. The van der Waals surface area contributed by atoms with E-state index in [1.807, 2.05) is 0 Å². The first kappa shape index (κ1) is 32.9. The minimum absolute atomic E-state index is 0.101. The van der Waals surface area contributed by atoms with Crippen LogP contribution in [0.25, 0.3) is 5.65 Å². The third-order valence-corrected chi connectivity index (χ3v) is 5.81. The number of aromatic nitrogens is 3. The number of nitrogens with two attached hydrogens (primary N) is 2. The van der Waals surface area contributed by atoms with E-state index in [9.17, 15) is 14.4 Å². The summed E-state index contributed by atoms with van der Waals surface area (Å²) < 4.78 is 22.9. The molecule has 15 nitrogen and oxygen atoms in total. The molecular formula is C28H40N8O7. The Morgan fingerprint density at radius 3 is 2.47 bits per heavy atom. The summed E-state index contributed by atoms with van der Waals surface area (Å²) in [5.41, 5.74) is 7.91. The molecule has 43 heavy (non-hydrogen) atoms. The highest BCUT2D eigenvalue weighted by atomic mass is 16.6. The van der Waals surface area contributed by atoms with Gasteiger partial charge >= 0.3 is 18.0 Å². The number of hydrogen-bond acceptors (Lipinski definition) is 13. The van der Waals surface area contributed by atoms with E-state index >= 15 is 0 Å². The summed E-state index contributed by atoms with van der Waals surface area (Å²) in [4.78, 5) is 42.7. The van der Waals surface area contributed by atoms with E-state index in [1.54, 1.807) is 59.9 Å². The van der Waals surface area contributed by atoms with Crippen molar-refractivity contribution >= 4 is 52.4 Å². The smallest absolute Gasteiger partial charge is 0.415 e. The van der Waals surface area contributed by atoms with Gasteiger partial charge < -0.3 is 35.0 Å². The summed E-state index contributed by atoms with van der Waals surface area (Å²) in [6.07, 6.45) is 0.246. The van der Waals surface area contributed by atoms with Crippen LogP contribution in [-0.2, 0) is 30.3 Å². The van der Waals surface area contributed by atoms with Gasteiger partial charge in [-0.3, -0.25) is 9.69 Å². The van der Waals surface area contributed by atoms with E-state index in [-0.39, 0.29) is 42.7 Å². The third-order valence-electron chi connectivity index (χ3n) is 5.81. The predicted octanol–water partition coefficient (Wildman–Crippen LogP) is 3.38. The molecule has 2 aromatic heterocycles. The molecule has 1 unspecified atom stereocenters. The fourth-order valence-corrected chi connectivity index (χ4v) is 4.00. The molecule has 1 amide bonds. The van der Waals surface area contributed by atoms with Crippen LogP contribution in [0.1, 0.15) is 57.5 Å². The SMILES string of the molecule is CCOC(=O)c1cnn2c(N(C)C(=O)OC(C)(C)C)cc(Nc3cc(COCC(C)OC(C)=O)cc(N(C)N)c3N)nc12. The molecule has 0 saturated heterocycles. The second-order valence-corrected chi connectivity index (χ2v) is 10.8. The van der Waals surface area contributed by atoms with Gasteiger partial charge in [0.25, 0.3) is 0 Å². The number of benzene rings is 1. The summed E-state index contributed by atoms with van der Waals surface area (Å²) in [5.74, 6) is 5.53. The zero-order chi connectivity index (χ0) is 32.1. The Balaban J connectivity index is 2.06. The number of nitrogens with one attached hydrogen (secondary N) is 1. The number of hydrogen-bond donors (Lipinski definition) is 3. The van der Waals surface area contributed by atoms with Gasteiger partial charge in [0, 0.05) is 27.1 Å². The minimum Gasteiger partial charge on any atom is -0.462 e. The van der Waals surface area contributed by atoms with Gasteiger partial charge in [-0.05, 0) is 52.3 Å². The Bertz CT molecular complexity index is 1480. The highest BCUT2D eigenvalue weighted by Crippen LogP contribution is 2.34. The van der Waals surface area contributed by atoms with Crippen molar-refractivity contribution in [2.24, 2.45) is 5.84 Å². The molecule has 234 valence electrons. The Morgan fingerprint density at radius 2 is 1.86 bits per heavy atom. The number of nitrogens with zero attached hydrogens (tertiary/aromatic N) is 5. The topological polar surface area (TPSA) is 189 Å². The zero-order valence-corrected chi connectivity index (χ0v) is 25.8. The van der Waals surface area contributed by atoms with Crippen LogP contribution in [0.2, 0.25) is 0 Å². The van der Waals surface area contributed by atoms with Crippen molar-refractivity contribution in [1.29, 1.82) is 0 Å². The van der Waals surface area contributed by atoms with Crippen LogP contribution in [0.4, 0.5) is 33.5 Å². The fraction of sp³-hybridized carbons (Fsp3) is 0.464. The molecule has 2 heterocycles. The van der Waals surface area contributed by atoms with Gasteiger partial charge in [-0.25, -0.2) is 20.4 Å². The van der Waals surface area contributed by atoms with Crippen LogP contribution < -0.4 is 26.8 Å². The molecule has 5 N–H and O–H groups in total. The van der Waals surface area contributed by atoms with Crippen molar-refractivity contribution in [2.45, 2.75) is 59.9 Å². The maximum Gasteiger partial charge on any atom is 0.415 e. The van der Waals surface area contributed by atoms with E-state index in [1.165, 1.54) is 34.6 Å². The van der Waals surface area contributed by atoms with E-state index < -0.39 is 29.7 Å². The van der Waals surface area contributed by atoms with Crippen molar-refractivity contribution in [3.05, 3.63) is 35.5 Å². The van der Waals surface area contributed by atoms with Crippen LogP contribution in [0.15, 0.2) is 24.4 Å². The molecule has 1 atom stereocenters. The molecule has 3 aromatic rings. The lowest BCUT2D eigenvalue weighted by atomic mass is 10.1. The molecule has 0 radical (unpaired) electrons. The van der Waals surface area contributed by atoms with Crippen LogP contribution in [0.5, 0.6) is 0 Å². The Hall–Kier alpha value is -4.63. The molecule has 0 bridgehead atoms. The minimum atomic E-state index is -0.754. The molecule has 15 heteroatoms. The second kappa shape index (κ2) is 13.6. The number of amides is 1. The standard InChI is InChI=1S/C28H40N8O7/c1-9-41-26(38)19-13-31-36-23(34(7)27(39)43-28(4,5)6)12-22(33-25(19)36)32-20-10-18(11-21(24(20)29)35(8)30)15-40-14-16(2)42-17(3)37/h10-13,16H,9,14-15,29-30H2,1-8H3,(H,32,33). The van der Waals surface area contributed by atoms with Crippen LogP contribution in [0.3, 0.4) is 0 Å². The van der Waals surface area contributed by atoms with Crippen LogP contribution in [0, 0.1) is 0 Å². The van der Waals surface area contributed by atoms with E-state index in [0.29, 0.717) is 22.6 Å². The Labute approximate surface area is 250 Å². The number of carbonyl (C=O) groups excluding carboxylic acids is 3. The largest absolute Gasteiger partial charge is 0.462 e. The highest BCUT2D eigenvalue weighted by Gasteiger charge is 2.26. The fourth-order valence-electron chi connectivity index (χ4n) is 4.00. The van der Waals surface area contributed by atoms with Gasteiger partial charge in [-0.2, -0.15) is 9.61 Å². The predicted molar refractivity (Wildman–Crippen MR) is 161 cm³/mol. The molecule has 0 spiro atoms. The summed E-state index contributed by atoms with van der Waals surface area (Å²) in [5, 5.41) is 8.83. The normalized spacial score (nSPS) is 12.0. The van der Waals surface area contributed by atoms with Crippen molar-refractivity contribution in [3.63, 3.8) is 0 Å². The van der Waals surface area contributed by atoms with E-state index in [4.69, 9.17) is 30.5 Å². The van der Waals surface area contributed by atoms with Crippen molar-refractivity contribution < 1.29 is 33.3 Å². The molecule has 0 aliphatic carbocycles. The first-order valence-corrected chi connectivity index (χ1v) is 13.6. The Kier molecular flexibility index (Phi) is 10.4.